The average molecular weight is 209 g/mol. The SMILES string of the molecule is Cc1cccc(-c2ccc3c(c2)CCC3)n1. The Kier molecular flexibility index (Phi) is 2.24. The van der Waals surface area contributed by atoms with E-state index in [9.17, 15) is 0 Å². The molecule has 16 heavy (non-hydrogen) atoms. The maximum Gasteiger partial charge on any atom is 0.0705 e. The number of fused-ring (bicyclic) bond motifs is 1. The number of aromatic nitrogens is 1. The summed E-state index contributed by atoms with van der Waals surface area (Å²) in [6.07, 6.45) is 3.78. The Morgan fingerprint density at radius 1 is 1.00 bits per heavy atom. The van der Waals surface area contributed by atoms with Crippen molar-refractivity contribution in [3.63, 3.8) is 0 Å². The highest BCUT2D eigenvalue weighted by molar-refractivity contribution is 5.61. The van der Waals surface area contributed by atoms with Crippen LogP contribution in [0.2, 0.25) is 0 Å². The third-order valence-corrected chi connectivity index (χ3v) is 3.28. The van der Waals surface area contributed by atoms with Crippen molar-refractivity contribution in [2.45, 2.75) is 26.2 Å². The Balaban J connectivity index is 2.07. The summed E-state index contributed by atoms with van der Waals surface area (Å²) in [7, 11) is 0. The van der Waals surface area contributed by atoms with E-state index in [4.69, 9.17) is 0 Å². The summed E-state index contributed by atoms with van der Waals surface area (Å²) < 4.78 is 0. The number of hydrogen-bond acceptors (Lipinski definition) is 1. The molecule has 1 heterocycles. The lowest BCUT2D eigenvalue weighted by Gasteiger charge is -2.05. The second-order valence-corrected chi connectivity index (χ2v) is 4.50. The maximum absolute atomic E-state index is 4.57. The minimum absolute atomic E-state index is 1.08. The Morgan fingerprint density at radius 2 is 1.88 bits per heavy atom. The molecule has 0 unspecified atom stereocenters. The van der Waals surface area contributed by atoms with Crippen LogP contribution in [0.25, 0.3) is 11.3 Å². The molecule has 1 aliphatic carbocycles. The molecule has 80 valence electrons. The highest BCUT2D eigenvalue weighted by Crippen LogP contribution is 2.27. The van der Waals surface area contributed by atoms with Gasteiger partial charge < -0.3 is 0 Å². The van der Waals surface area contributed by atoms with E-state index >= 15 is 0 Å². The van der Waals surface area contributed by atoms with Crippen molar-refractivity contribution in [1.82, 2.24) is 4.98 Å². The van der Waals surface area contributed by atoms with Crippen LogP contribution in [0.15, 0.2) is 36.4 Å². The number of aryl methyl sites for hydroxylation is 3. The van der Waals surface area contributed by atoms with Crippen LogP contribution in [0.3, 0.4) is 0 Å². The lowest BCUT2D eigenvalue weighted by molar-refractivity contribution is 0.912. The van der Waals surface area contributed by atoms with Gasteiger partial charge in [0, 0.05) is 11.3 Å². The average Bonchev–Trinajstić information content (AvgIpc) is 2.75. The van der Waals surface area contributed by atoms with Crippen molar-refractivity contribution in [1.29, 1.82) is 0 Å². The van der Waals surface area contributed by atoms with Crippen molar-refractivity contribution in [2.24, 2.45) is 0 Å². The predicted molar refractivity (Wildman–Crippen MR) is 66.4 cm³/mol. The number of pyridine rings is 1. The van der Waals surface area contributed by atoms with E-state index in [0.717, 1.165) is 11.4 Å². The zero-order valence-electron chi connectivity index (χ0n) is 9.53. The summed E-state index contributed by atoms with van der Waals surface area (Å²) in [6, 6.07) is 13.0. The van der Waals surface area contributed by atoms with Gasteiger partial charge in [-0.15, -0.1) is 0 Å². The second-order valence-electron chi connectivity index (χ2n) is 4.50. The summed E-state index contributed by atoms with van der Waals surface area (Å²) in [6.45, 7) is 2.04. The van der Waals surface area contributed by atoms with Crippen LogP contribution < -0.4 is 0 Å². The minimum Gasteiger partial charge on any atom is -0.253 e. The normalized spacial score (nSPS) is 13.8. The van der Waals surface area contributed by atoms with Crippen molar-refractivity contribution < 1.29 is 0 Å². The second kappa shape index (κ2) is 3.75. The van der Waals surface area contributed by atoms with Gasteiger partial charge >= 0.3 is 0 Å². The van der Waals surface area contributed by atoms with E-state index in [2.05, 4.69) is 35.3 Å². The highest BCUT2D eigenvalue weighted by Gasteiger charge is 2.11. The van der Waals surface area contributed by atoms with Crippen molar-refractivity contribution in [2.75, 3.05) is 0 Å². The lowest BCUT2D eigenvalue weighted by atomic mass is 10.0. The fraction of sp³-hybridized carbons (Fsp3) is 0.267. The monoisotopic (exact) mass is 209 g/mol. The molecule has 2 aromatic rings. The molecule has 3 rings (SSSR count). The van der Waals surface area contributed by atoms with Crippen molar-refractivity contribution in [3.05, 3.63) is 53.2 Å². The first-order valence-corrected chi connectivity index (χ1v) is 5.89. The Labute approximate surface area is 96.2 Å². The van der Waals surface area contributed by atoms with E-state index in [-0.39, 0.29) is 0 Å². The first-order chi connectivity index (χ1) is 7.83. The lowest BCUT2D eigenvalue weighted by Crippen LogP contribution is -1.88. The minimum atomic E-state index is 1.08. The van der Waals surface area contributed by atoms with E-state index in [1.165, 1.54) is 36.0 Å². The van der Waals surface area contributed by atoms with Gasteiger partial charge in [0.25, 0.3) is 0 Å². The molecule has 1 aromatic heterocycles. The van der Waals surface area contributed by atoms with Crippen molar-refractivity contribution >= 4 is 0 Å². The molecule has 1 aliphatic rings. The van der Waals surface area contributed by atoms with Crippen LogP contribution in [0.1, 0.15) is 23.2 Å². The molecule has 1 nitrogen and oxygen atoms in total. The van der Waals surface area contributed by atoms with Gasteiger partial charge in [0.05, 0.1) is 5.69 Å². The molecule has 0 saturated carbocycles. The van der Waals surface area contributed by atoms with Gasteiger partial charge in [0.2, 0.25) is 0 Å². The summed E-state index contributed by atoms with van der Waals surface area (Å²) >= 11 is 0. The molecule has 1 aromatic carbocycles. The van der Waals surface area contributed by atoms with Gasteiger partial charge in [-0.1, -0.05) is 18.2 Å². The Bertz CT molecular complexity index is 529. The molecule has 0 saturated heterocycles. The van der Waals surface area contributed by atoms with E-state index in [0.29, 0.717) is 0 Å². The maximum atomic E-state index is 4.57. The van der Waals surface area contributed by atoms with Gasteiger partial charge in [-0.25, -0.2) is 0 Å². The van der Waals surface area contributed by atoms with Crippen LogP contribution in [0.4, 0.5) is 0 Å². The summed E-state index contributed by atoms with van der Waals surface area (Å²) in [4.78, 5) is 4.57. The number of benzene rings is 1. The van der Waals surface area contributed by atoms with Crippen LogP contribution in [-0.4, -0.2) is 4.98 Å². The van der Waals surface area contributed by atoms with Gasteiger partial charge in [-0.2, -0.15) is 0 Å². The molecule has 0 bridgehead atoms. The predicted octanol–water partition coefficient (Wildman–Crippen LogP) is 3.55. The van der Waals surface area contributed by atoms with Gasteiger partial charge in [-0.05, 0) is 55.5 Å². The molecule has 0 aliphatic heterocycles. The zero-order chi connectivity index (χ0) is 11.0. The molecule has 0 N–H and O–H groups in total. The molecule has 0 atom stereocenters. The van der Waals surface area contributed by atoms with Gasteiger partial charge in [0.1, 0.15) is 0 Å². The zero-order valence-corrected chi connectivity index (χ0v) is 9.53. The molecular weight excluding hydrogens is 194 g/mol. The van der Waals surface area contributed by atoms with Gasteiger partial charge in [-0.3, -0.25) is 4.98 Å². The largest absolute Gasteiger partial charge is 0.253 e. The first kappa shape index (κ1) is 9.59. The van der Waals surface area contributed by atoms with Crippen LogP contribution in [0.5, 0.6) is 0 Å². The Hall–Kier alpha value is -1.63. The Morgan fingerprint density at radius 3 is 2.75 bits per heavy atom. The standard InChI is InChI=1S/C15H15N/c1-11-4-2-7-15(16-11)14-9-8-12-5-3-6-13(12)10-14/h2,4,7-10H,3,5-6H2,1H3. The highest BCUT2D eigenvalue weighted by atomic mass is 14.7. The number of rotatable bonds is 1. The molecular formula is C15H15N. The molecule has 0 fully saturated rings. The number of nitrogens with zero attached hydrogens (tertiary/aromatic N) is 1. The van der Waals surface area contributed by atoms with Gasteiger partial charge in [0.15, 0.2) is 0 Å². The van der Waals surface area contributed by atoms with E-state index < -0.39 is 0 Å². The van der Waals surface area contributed by atoms with Crippen LogP contribution in [0, 0.1) is 6.92 Å². The van der Waals surface area contributed by atoms with E-state index in [1.54, 1.807) is 0 Å². The molecule has 1 heteroatoms. The van der Waals surface area contributed by atoms with Crippen LogP contribution >= 0.6 is 0 Å². The summed E-state index contributed by atoms with van der Waals surface area (Å²) in [5.74, 6) is 0. The van der Waals surface area contributed by atoms with E-state index in [1.807, 2.05) is 13.0 Å². The third-order valence-electron chi connectivity index (χ3n) is 3.28. The van der Waals surface area contributed by atoms with Crippen molar-refractivity contribution in [3.8, 4) is 11.3 Å². The molecule has 0 radical (unpaired) electrons. The smallest absolute Gasteiger partial charge is 0.0705 e. The summed E-state index contributed by atoms with van der Waals surface area (Å²) in [5, 5.41) is 0. The third kappa shape index (κ3) is 1.63. The fourth-order valence-corrected chi connectivity index (χ4v) is 2.43. The molecule has 0 amide bonds. The number of hydrogen-bond donors (Lipinski definition) is 0. The fourth-order valence-electron chi connectivity index (χ4n) is 2.43. The van der Waals surface area contributed by atoms with Crippen LogP contribution in [-0.2, 0) is 12.8 Å². The molecule has 0 spiro atoms. The summed E-state index contributed by atoms with van der Waals surface area (Å²) in [5.41, 5.74) is 6.47. The quantitative estimate of drug-likeness (QED) is 0.700. The first-order valence-electron chi connectivity index (χ1n) is 5.89. The topological polar surface area (TPSA) is 12.9 Å².